The Balaban J connectivity index is 2.21. The van der Waals surface area contributed by atoms with Crippen LogP contribution >= 0.6 is 11.3 Å². The first kappa shape index (κ1) is 16.1. The zero-order valence-electron chi connectivity index (χ0n) is 13.3. The van der Waals surface area contributed by atoms with Crippen LogP contribution in [-0.2, 0) is 0 Å². The van der Waals surface area contributed by atoms with Crippen LogP contribution in [0.25, 0.3) is 0 Å². The molecule has 0 spiro atoms. The molecular formula is C18H25NOS. The van der Waals surface area contributed by atoms with Crippen molar-refractivity contribution >= 4 is 11.3 Å². The first-order valence-electron chi connectivity index (χ1n) is 7.59. The van der Waals surface area contributed by atoms with Crippen molar-refractivity contribution < 1.29 is 4.74 Å². The summed E-state index contributed by atoms with van der Waals surface area (Å²) in [6, 6.07) is 10.5. The highest BCUT2D eigenvalue weighted by Gasteiger charge is 2.23. The van der Waals surface area contributed by atoms with Crippen molar-refractivity contribution in [1.29, 1.82) is 0 Å². The molecule has 2 aromatic rings. The van der Waals surface area contributed by atoms with E-state index >= 15 is 0 Å². The predicted molar refractivity (Wildman–Crippen MR) is 91.2 cm³/mol. The topological polar surface area (TPSA) is 35.2 Å². The molecule has 2 atom stereocenters. The summed E-state index contributed by atoms with van der Waals surface area (Å²) in [7, 11) is 0. The molecule has 21 heavy (non-hydrogen) atoms. The largest absolute Gasteiger partial charge is 0.483 e. The molecule has 0 fully saturated rings. The molecule has 2 rings (SSSR count). The van der Waals surface area contributed by atoms with Crippen LogP contribution in [0.5, 0.6) is 5.75 Å². The maximum atomic E-state index is 6.28. The highest BCUT2D eigenvalue weighted by atomic mass is 32.1. The van der Waals surface area contributed by atoms with Crippen LogP contribution in [0.4, 0.5) is 0 Å². The van der Waals surface area contributed by atoms with Crippen molar-refractivity contribution in [1.82, 2.24) is 0 Å². The molecule has 2 N–H and O–H groups in total. The van der Waals surface area contributed by atoms with Gasteiger partial charge in [0.25, 0.3) is 0 Å². The fourth-order valence-electron chi connectivity index (χ4n) is 2.30. The predicted octanol–water partition coefficient (Wildman–Crippen LogP) is 5.04. The Morgan fingerprint density at radius 2 is 1.81 bits per heavy atom. The zero-order valence-corrected chi connectivity index (χ0v) is 14.1. The quantitative estimate of drug-likeness (QED) is 0.811. The molecule has 0 aliphatic heterocycles. The van der Waals surface area contributed by atoms with E-state index in [2.05, 4.69) is 51.3 Å². The average molecular weight is 303 g/mol. The summed E-state index contributed by atoms with van der Waals surface area (Å²) in [5.41, 5.74) is 8.87. The summed E-state index contributed by atoms with van der Waals surface area (Å²) >= 11 is 1.72. The van der Waals surface area contributed by atoms with Crippen molar-refractivity contribution in [3.05, 3.63) is 51.7 Å². The standard InChI is InChI=1S/C18H25NOS/c1-5-16(19)17(18-13(4)10-11-21-18)20-15-8-6-14(7-9-15)12(2)3/h6-12,16-17H,5,19H2,1-4H3. The van der Waals surface area contributed by atoms with Crippen molar-refractivity contribution in [2.24, 2.45) is 5.73 Å². The van der Waals surface area contributed by atoms with Crippen molar-refractivity contribution in [2.45, 2.75) is 52.2 Å². The first-order chi connectivity index (χ1) is 10.0. The van der Waals surface area contributed by atoms with Crippen LogP contribution < -0.4 is 10.5 Å². The average Bonchev–Trinajstić information content (AvgIpc) is 2.90. The second kappa shape index (κ2) is 7.10. The number of benzene rings is 1. The fraction of sp³-hybridized carbons (Fsp3) is 0.444. The Morgan fingerprint density at radius 1 is 1.14 bits per heavy atom. The maximum Gasteiger partial charge on any atom is 0.148 e. The Labute approximate surface area is 132 Å². The lowest BCUT2D eigenvalue weighted by Crippen LogP contribution is -2.31. The molecule has 0 bridgehead atoms. The van der Waals surface area contributed by atoms with Crippen molar-refractivity contribution in [3.63, 3.8) is 0 Å². The normalized spacial score (nSPS) is 14.2. The molecule has 2 unspecified atom stereocenters. The molecule has 1 heterocycles. The van der Waals surface area contributed by atoms with Gasteiger partial charge < -0.3 is 10.5 Å². The molecule has 1 aromatic carbocycles. The van der Waals surface area contributed by atoms with Crippen LogP contribution in [0.1, 0.15) is 55.2 Å². The lowest BCUT2D eigenvalue weighted by atomic mass is 10.0. The van der Waals surface area contributed by atoms with E-state index in [9.17, 15) is 0 Å². The summed E-state index contributed by atoms with van der Waals surface area (Å²) in [4.78, 5) is 1.23. The van der Waals surface area contributed by atoms with Gasteiger partial charge >= 0.3 is 0 Å². The summed E-state index contributed by atoms with van der Waals surface area (Å²) in [5.74, 6) is 1.42. The number of nitrogens with two attached hydrogens (primary N) is 1. The second-order valence-corrected chi connectivity index (χ2v) is 6.75. The van der Waals surface area contributed by atoms with E-state index in [1.165, 1.54) is 16.0 Å². The van der Waals surface area contributed by atoms with Crippen LogP contribution in [0.2, 0.25) is 0 Å². The van der Waals surface area contributed by atoms with Gasteiger partial charge in [0.2, 0.25) is 0 Å². The molecule has 0 radical (unpaired) electrons. The molecule has 0 aliphatic rings. The zero-order chi connectivity index (χ0) is 15.4. The minimum absolute atomic E-state index is 0.00660. The number of rotatable bonds is 6. The smallest absolute Gasteiger partial charge is 0.148 e. The number of aryl methyl sites for hydroxylation is 1. The Morgan fingerprint density at radius 3 is 2.29 bits per heavy atom. The maximum absolute atomic E-state index is 6.28. The van der Waals surface area contributed by atoms with Crippen LogP contribution in [-0.4, -0.2) is 6.04 Å². The summed E-state index contributed by atoms with van der Waals surface area (Å²) in [6.45, 7) is 8.61. The van der Waals surface area contributed by atoms with Gasteiger partial charge in [-0.3, -0.25) is 0 Å². The van der Waals surface area contributed by atoms with Crippen molar-refractivity contribution in [3.8, 4) is 5.75 Å². The van der Waals surface area contributed by atoms with E-state index in [-0.39, 0.29) is 12.1 Å². The number of thiophene rings is 1. The Hall–Kier alpha value is -1.32. The highest BCUT2D eigenvalue weighted by Crippen LogP contribution is 2.32. The van der Waals surface area contributed by atoms with Gasteiger partial charge in [-0.2, -0.15) is 0 Å². The monoisotopic (exact) mass is 303 g/mol. The van der Waals surface area contributed by atoms with E-state index in [1.807, 2.05) is 12.1 Å². The third-order valence-corrected chi connectivity index (χ3v) is 4.91. The minimum Gasteiger partial charge on any atom is -0.483 e. The summed E-state index contributed by atoms with van der Waals surface area (Å²) in [5, 5.41) is 2.10. The molecule has 0 aliphatic carbocycles. The first-order valence-corrected chi connectivity index (χ1v) is 8.47. The number of hydrogen-bond donors (Lipinski definition) is 1. The van der Waals surface area contributed by atoms with Crippen LogP contribution in [0.3, 0.4) is 0 Å². The lowest BCUT2D eigenvalue weighted by molar-refractivity contribution is 0.174. The molecule has 1 aromatic heterocycles. The van der Waals surface area contributed by atoms with Crippen LogP contribution in [0.15, 0.2) is 35.7 Å². The Bertz CT molecular complexity index is 559. The van der Waals surface area contributed by atoms with E-state index in [4.69, 9.17) is 10.5 Å². The molecule has 0 saturated carbocycles. The van der Waals surface area contributed by atoms with E-state index < -0.39 is 0 Å². The second-order valence-electron chi connectivity index (χ2n) is 5.80. The van der Waals surface area contributed by atoms with E-state index in [0.29, 0.717) is 5.92 Å². The van der Waals surface area contributed by atoms with Gasteiger partial charge in [-0.05, 0) is 54.0 Å². The minimum atomic E-state index is -0.0695. The fourth-order valence-corrected chi connectivity index (χ4v) is 3.33. The number of hydrogen-bond acceptors (Lipinski definition) is 3. The third-order valence-electron chi connectivity index (χ3n) is 3.83. The number of ether oxygens (including phenoxy) is 1. The van der Waals surface area contributed by atoms with Crippen LogP contribution in [0, 0.1) is 6.92 Å². The van der Waals surface area contributed by atoms with Gasteiger partial charge in [0, 0.05) is 10.9 Å². The van der Waals surface area contributed by atoms with Gasteiger partial charge in [0.05, 0.1) is 0 Å². The van der Waals surface area contributed by atoms with Crippen molar-refractivity contribution in [2.75, 3.05) is 0 Å². The molecule has 3 heteroatoms. The highest BCUT2D eigenvalue weighted by molar-refractivity contribution is 7.10. The van der Waals surface area contributed by atoms with Gasteiger partial charge in [-0.15, -0.1) is 11.3 Å². The van der Waals surface area contributed by atoms with E-state index in [0.717, 1.165) is 12.2 Å². The molecule has 0 amide bonds. The molecule has 0 saturated heterocycles. The third kappa shape index (κ3) is 3.86. The Kier molecular flexibility index (Phi) is 5.43. The SMILES string of the molecule is CCC(N)C(Oc1ccc(C(C)C)cc1)c1sccc1C. The van der Waals surface area contributed by atoms with Gasteiger partial charge in [0.1, 0.15) is 11.9 Å². The van der Waals surface area contributed by atoms with Gasteiger partial charge in [-0.1, -0.05) is 32.9 Å². The molecule has 114 valence electrons. The molecule has 2 nitrogen and oxygen atoms in total. The molecular weight excluding hydrogens is 278 g/mol. The van der Waals surface area contributed by atoms with Gasteiger partial charge in [0.15, 0.2) is 0 Å². The van der Waals surface area contributed by atoms with E-state index in [1.54, 1.807) is 11.3 Å². The summed E-state index contributed by atoms with van der Waals surface area (Å²) in [6.07, 6.45) is 0.825. The lowest BCUT2D eigenvalue weighted by Gasteiger charge is -2.24. The van der Waals surface area contributed by atoms with Gasteiger partial charge in [-0.25, -0.2) is 0 Å². The summed E-state index contributed by atoms with van der Waals surface area (Å²) < 4.78 is 6.21.